The number of hydrogen-bond donors (Lipinski definition) is 0. The fraction of sp³-hybridized carbons (Fsp3) is 0.875. The van der Waals surface area contributed by atoms with Crippen molar-refractivity contribution in [2.75, 3.05) is 12.4 Å². The molecule has 0 saturated heterocycles. The van der Waals surface area contributed by atoms with Crippen LogP contribution in [0.25, 0.3) is 0 Å². The van der Waals surface area contributed by atoms with Crippen LogP contribution in [-0.4, -0.2) is 29.3 Å². The Morgan fingerprint density at radius 3 is 2.64 bits per heavy atom. The summed E-state index contributed by atoms with van der Waals surface area (Å²) < 4.78 is 0. The molecule has 1 fully saturated rings. The zero-order chi connectivity index (χ0) is 8.27. The van der Waals surface area contributed by atoms with Gasteiger partial charge < -0.3 is 4.90 Å². The van der Waals surface area contributed by atoms with Gasteiger partial charge in [-0.05, 0) is 12.8 Å². The van der Waals surface area contributed by atoms with E-state index in [1.54, 1.807) is 0 Å². The molecule has 0 aromatic heterocycles. The largest absolute Gasteiger partial charge is 0.339 e. The number of rotatable bonds is 4. The van der Waals surface area contributed by atoms with Crippen molar-refractivity contribution >= 4 is 17.5 Å². The minimum atomic E-state index is 0.244. The third-order valence-electron chi connectivity index (χ3n) is 1.94. The van der Waals surface area contributed by atoms with Gasteiger partial charge in [0.2, 0.25) is 5.91 Å². The van der Waals surface area contributed by atoms with E-state index in [-0.39, 0.29) is 5.91 Å². The van der Waals surface area contributed by atoms with Gasteiger partial charge in [-0.1, -0.05) is 6.92 Å². The maximum atomic E-state index is 11.3. The summed E-state index contributed by atoms with van der Waals surface area (Å²) in [5, 5.41) is 0. The van der Waals surface area contributed by atoms with Gasteiger partial charge in [0.15, 0.2) is 0 Å². The van der Waals surface area contributed by atoms with Crippen molar-refractivity contribution in [3.05, 3.63) is 0 Å². The lowest BCUT2D eigenvalue weighted by Crippen LogP contribution is -2.34. The molecule has 1 rings (SSSR count). The fourth-order valence-electron chi connectivity index (χ4n) is 1.19. The molecule has 1 aliphatic carbocycles. The number of carbonyl (C=O) groups is 1. The van der Waals surface area contributed by atoms with Gasteiger partial charge in [0.05, 0.1) is 0 Å². The van der Waals surface area contributed by atoms with E-state index in [2.05, 4.69) is 0 Å². The second-order valence-electron chi connectivity index (χ2n) is 2.86. The van der Waals surface area contributed by atoms with Crippen molar-refractivity contribution in [1.29, 1.82) is 0 Å². The molecule has 0 radical (unpaired) electrons. The lowest BCUT2D eigenvalue weighted by Gasteiger charge is -2.20. The van der Waals surface area contributed by atoms with E-state index in [0.29, 0.717) is 18.3 Å². The summed E-state index contributed by atoms with van der Waals surface area (Å²) in [7, 11) is 0. The van der Waals surface area contributed by atoms with Crippen LogP contribution >= 0.6 is 11.6 Å². The summed E-state index contributed by atoms with van der Waals surface area (Å²) >= 11 is 5.58. The minimum Gasteiger partial charge on any atom is -0.339 e. The van der Waals surface area contributed by atoms with E-state index in [9.17, 15) is 4.79 Å². The summed E-state index contributed by atoms with van der Waals surface area (Å²) in [6, 6.07) is 0.515. The molecular weight excluding hydrogens is 162 g/mol. The number of halogens is 1. The van der Waals surface area contributed by atoms with Gasteiger partial charge >= 0.3 is 0 Å². The van der Waals surface area contributed by atoms with Gasteiger partial charge in [-0.2, -0.15) is 0 Å². The van der Waals surface area contributed by atoms with Crippen LogP contribution in [0.2, 0.25) is 0 Å². The maximum absolute atomic E-state index is 11.3. The highest BCUT2D eigenvalue weighted by molar-refractivity contribution is 6.18. The quantitative estimate of drug-likeness (QED) is 0.595. The first-order chi connectivity index (χ1) is 5.29. The van der Waals surface area contributed by atoms with Gasteiger partial charge in [-0.3, -0.25) is 4.79 Å². The van der Waals surface area contributed by atoms with E-state index in [1.807, 2.05) is 11.8 Å². The van der Waals surface area contributed by atoms with Crippen LogP contribution < -0.4 is 0 Å². The lowest BCUT2D eigenvalue weighted by atomic mass is 10.4. The summed E-state index contributed by atoms with van der Waals surface area (Å²) in [5.41, 5.74) is 0. The number of alkyl halides is 1. The number of carbonyl (C=O) groups excluding carboxylic acids is 1. The Bertz CT molecular complexity index is 145. The SMILES string of the molecule is CCC(=O)N(CCCl)C1CC1. The molecule has 0 N–H and O–H groups in total. The highest BCUT2D eigenvalue weighted by atomic mass is 35.5. The normalized spacial score (nSPS) is 16.5. The Balaban J connectivity index is 2.37. The predicted molar refractivity (Wildman–Crippen MR) is 45.7 cm³/mol. The molecule has 0 atom stereocenters. The number of amides is 1. The minimum absolute atomic E-state index is 0.244. The molecule has 64 valence electrons. The van der Waals surface area contributed by atoms with Crippen molar-refractivity contribution in [3.63, 3.8) is 0 Å². The first-order valence-corrected chi connectivity index (χ1v) is 4.68. The average molecular weight is 176 g/mol. The summed E-state index contributed by atoms with van der Waals surface area (Å²) in [5.74, 6) is 0.801. The number of hydrogen-bond acceptors (Lipinski definition) is 1. The summed E-state index contributed by atoms with van der Waals surface area (Å²) in [6.07, 6.45) is 2.94. The Morgan fingerprint density at radius 1 is 1.64 bits per heavy atom. The zero-order valence-corrected chi connectivity index (χ0v) is 7.60. The second-order valence-corrected chi connectivity index (χ2v) is 3.24. The van der Waals surface area contributed by atoms with Crippen LogP contribution in [0.1, 0.15) is 26.2 Å². The van der Waals surface area contributed by atoms with Crippen molar-refractivity contribution in [2.45, 2.75) is 32.2 Å². The highest BCUT2D eigenvalue weighted by Crippen LogP contribution is 2.27. The molecule has 0 heterocycles. The molecule has 0 aromatic rings. The Hall–Kier alpha value is -0.240. The number of nitrogens with zero attached hydrogens (tertiary/aromatic N) is 1. The Labute approximate surface area is 72.5 Å². The predicted octanol–water partition coefficient (Wildman–Crippen LogP) is 1.63. The molecule has 0 aromatic carbocycles. The molecule has 0 spiro atoms. The van der Waals surface area contributed by atoms with Crippen LogP contribution in [0.15, 0.2) is 0 Å². The molecule has 1 saturated carbocycles. The van der Waals surface area contributed by atoms with Crippen molar-refractivity contribution in [2.24, 2.45) is 0 Å². The van der Waals surface area contributed by atoms with Gasteiger partial charge in [0, 0.05) is 24.9 Å². The highest BCUT2D eigenvalue weighted by Gasteiger charge is 2.30. The van der Waals surface area contributed by atoms with Crippen LogP contribution in [0, 0.1) is 0 Å². The lowest BCUT2D eigenvalue weighted by molar-refractivity contribution is -0.131. The Kier molecular flexibility index (Phi) is 3.18. The van der Waals surface area contributed by atoms with Crippen LogP contribution in [-0.2, 0) is 4.79 Å². The van der Waals surface area contributed by atoms with Crippen LogP contribution in [0.3, 0.4) is 0 Å². The van der Waals surface area contributed by atoms with E-state index in [1.165, 1.54) is 12.8 Å². The smallest absolute Gasteiger partial charge is 0.222 e. The molecule has 0 bridgehead atoms. The topological polar surface area (TPSA) is 20.3 Å². The molecule has 3 heteroatoms. The fourth-order valence-corrected chi connectivity index (χ4v) is 1.37. The van der Waals surface area contributed by atoms with Crippen molar-refractivity contribution < 1.29 is 4.79 Å². The van der Waals surface area contributed by atoms with E-state index in [4.69, 9.17) is 11.6 Å². The second kappa shape index (κ2) is 3.96. The Morgan fingerprint density at radius 2 is 2.27 bits per heavy atom. The average Bonchev–Trinajstić information content (AvgIpc) is 2.81. The molecule has 1 amide bonds. The van der Waals surface area contributed by atoms with E-state index >= 15 is 0 Å². The van der Waals surface area contributed by atoms with Gasteiger partial charge in [-0.15, -0.1) is 11.6 Å². The standard InChI is InChI=1S/C8H14ClNO/c1-2-8(11)10(6-5-9)7-3-4-7/h7H,2-6H2,1H3. The van der Waals surface area contributed by atoms with E-state index < -0.39 is 0 Å². The monoisotopic (exact) mass is 175 g/mol. The van der Waals surface area contributed by atoms with Gasteiger partial charge in [0.25, 0.3) is 0 Å². The van der Waals surface area contributed by atoms with E-state index in [0.717, 1.165) is 6.54 Å². The first kappa shape index (κ1) is 8.85. The van der Waals surface area contributed by atoms with Gasteiger partial charge in [-0.25, -0.2) is 0 Å². The molecule has 0 unspecified atom stereocenters. The van der Waals surface area contributed by atoms with Crippen LogP contribution in [0.4, 0.5) is 0 Å². The third-order valence-corrected chi connectivity index (χ3v) is 2.10. The molecule has 11 heavy (non-hydrogen) atoms. The van der Waals surface area contributed by atoms with Crippen molar-refractivity contribution in [1.82, 2.24) is 4.90 Å². The van der Waals surface area contributed by atoms with Crippen LogP contribution in [0.5, 0.6) is 0 Å². The summed E-state index contributed by atoms with van der Waals surface area (Å²) in [4.78, 5) is 13.2. The molecule has 2 nitrogen and oxygen atoms in total. The molecule has 1 aliphatic rings. The maximum Gasteiger partial charge on any atom is 0.222 e. The summed E-state index contributed by atoms with van der Waals surface area (Å²) in [6.45, 7) is 2.62. The first-order valence-electron chi connectivity index (χ1n) is 4.15. The third kappa shape index (κ3) is 2.37. The van der Waals surface area contributed by atoms with Crippen molar-refractivity contribution in [3.8, 4) is 0 Å². The molecular formula is C8H14ClNO. The zero-order valence-electron chi connectivity index (χ0n) is 6.85. The van der Waals surface area contributed by atoms with Gasteiger partial charge in [0.1, 0.15) is 0 Å². The molecule has 0 aliphatic heterocycles.